The monoisotopic (exact) mass is 235 g/mol. The molecule has 4 heteroatoms. The summed E-state index contributed by atoms with van der Waals surface area (Å²) in [5, 5.41) is 0.819. The first-order chi connectivity index (χ1) is 7.69. The van der Waals surface area contributed by atoms with Crippen LogP contribution in [0.5, 0.6) is 0 Å². The van der Waals surface area contributed by atoms with Gasteiger partial charge in [0.15, 0.2) is 0 Å². The summed E-state index contributed by atoms with van der Waals surface area (Å²) in [5.41, 5.74) is 2.16. The Labute approximate surface area is 98.1 Å². The Morgan fingerprint density at radius 3 is 3.06 bits per heavy atom. The summed E-state index contributed by atoms with van der Waals surface area (Å²) in [6, 6.07) is 6.09. The summed E-state index contributed by atoms with van der Waals surface area (Å²) in [4.78, 5) is 15.7. The zero-order valence-electron chi connectivity index (χ0n) is 9.32. The van der Waals surface area contributed by atoms with Crippen LogP contribution < -0.4 is 0 Å². The Morgan fingerprint density at radius 1 is 1.50 bits per heavy atom. The van der Waals surface area contributed by atoms with Crippen LogP contribution in [0.25, 0.3) is 10.2 Å². The maximum absolute atomic E-state index is 11.3. The summed E-state index contributed by atoms with van der Waals surface area (Å²) >= 11 is 1.55. The van der Waals surface area contributed by atoms with Gasteiger partial charge in [-0.05, 0) is 31.5 Å². The molecule has 0 bridgehead atoms. The number of nitrogens with zero attached hydrogens (tertiary/aromatic N) is 1. The number of carbonyl (C=O) groups excluding carboxylic acids is 1. The van der Waals surface area contributed by atoms with Crippen molar-refractivity contribution in [1.29, 1.82) is 0 Å². The van der Waals surface area contributed by atoms with Crippen molar-refractivity contribution < 1.29 is 9.53 Å². The molecule has 0 aliphatic rings. The number of carbonyl (C=O) groups is 1. The summed E-state index contributed by atoms with van der Waals surface area (Å²) < 4.78 is 6.02. The zero-order chi connectivity index (χ0) is 11.5. The van der Waals surface area contributed by atoms with E-state index < -0.39 is 0 Å². The van der Waals surface area contributed by atoms with Crippen molar-refractivity contribution in [2.24, 2.45) is 0 Å². The van der Waals surface area contributed by atoms with Crippen molar-refractivity contribution in [3.05, 3.63) is 28.8 Å². The second-order valence-corrected chi connectivity index (χ2v) is 4.68. The van der Waals surface area contributed by atoms with Crippen molar-refractivity contribution in [3.8, 4) is 0 Å². The lowest BCUT2D eigenvalue weighted by Crippen LogP contribution is -2.06. The molecule has 0 fully saturated rings. The molecule has 0 atom stereocenters. The molecule has 0 radical (unpaired) electrons. The largest absolute Gasteiger partial charge is 0.466 e. The van der Waals surface area contributed by atoms with Gasteiger partial charge < -0.3 is 4.74 Å². The van der Waals surface area contributed by atoms with Gasteiger partial charge in [-0.15, -0.1) is 11.3 Å². The summed E-state index contributed by atoms with van der Waals surface area (Å²) in [6.45, 7) is 4.27. The highest BCUT2D eigenvalue weighted by Gasteiger charge is 2.09. The number of benzene rings is 1. The predicted octanol–water partition coefficient (Wildman–Crippen LogP) is 2.71. The average Bonchev–Trinajstić information content (AvgIpc) is 2.59. The average molecular weight is 235 g/mol. The number of thiazole rings is 1. The van der Waals surface area contributed by atoms with Crippen LogP contribution in [0, 0.1) is 6.92 Å². The first-order valence-electron chi connectivity index (χ1n) is 5.20. The zero-order valence-corrected chi connectivity index (χ0v) is 10.1. The van der Waals surface area contributed by atoms with Gasteiger partial charge in [-0.2, -0.15) is 0 Å². The molecule has 3 nitrogen and oxygen atoms in total. The quantitative estimate of drug-likeness (QED) is 0.768. The van der Waals surface area contributed by atoms with Crippen LogP contribution in [0.2, 0.25) is 0 Å². The summed E-state index contributed by atoms with van der Waals surface area (Å²) in [6.07, 6.45) is 0.270. The number of aromatic nitrogens is 1. The lowest BCUT2D eigenvalue weighted by molar-refractivity contribution is -0.142. The van der Waals surface area contributed by atoms with Crippen LogP contribution in [0.1, 0.15) is 17.5 Å². The normalized spacial score (nSPS) is 10.6. The molecule has 0 saturated heterocycles. The molecule has 0 aliphatic heterocycles. The van der Waals surface area contributed by atoms with Gasteiger partial charge in [-0.3, -0.25) is 4.79 Å². The molecular formula is C12H13NO2S. The fraction of sp³-hybridized carbons (Fsp3) is 0.333. The topological polar surface area (TPSA) is 39.2 Å². The Morgan fingerprint density at radius 2 is 2.31 bits per heavy atom. The number of fused-ring (bicyclic) bond motifs is 1. The van der Waals surface area contributed by atoms with Gasteiger partial charge in [0.1, 0.15) is 5.01 Å². The van der Waals surface area contributed by atoms with Crippen molar-refractivity contribution in [2.45, 2.75) is 20.3 Å². The van der Waals surface area contributed by atoms with E-state index in [2.05, 4.69) is 11.1 Å². The molecule has 0 unspecified atom stereocenters. The van der Waals surface area contributed by atoms with E-state index in [1.54, 1.807) is 18.3 Å². The molecule has 16 heavy (non-hydrogen) atoms. The Balaban J connectivity index is 2.23. The minimum absolute atomic E-state index is 0.210. The Kier molecular flexibility index (Phi) is 3.19. The second-order valence-electron chi connectivity index (χ2n) is 3.56. The molecular weight excluding hydrogens is 222 g/mol. The van der Waals surface area contributed by atoms with Crippen molar-refractivity contribution in [3.63, 3.8) is 0 Å². The lowest BCUT2D eigenvalue weighted by atomic mass is 10.2. The summed E-state index contributed by atoms with van der Waals surface area (Å²) in [5.74, 6) is -0.210. The number of esters is 1. The number of rotatable bonds is 3. The smallest absolute Gasteiger partial charge is 0.312 e. The molecule has 0 N–H and O–H groups in total. The van der Waals surface area contributed by atoms with Gasteiger partial charge >= 0.3 is 5.97 Å². The summed E-state index contributed by atoms with van der Waals surface area (Å²) in [7, 11) is 0. The fourth-order valence-electron chi connectivity index (χ4n) is 1.49. The maximum Gasteiger partial charge on any atom is 0.312 e. The third-order valence-electron chi connectivity index (χ3n) is 2.19. The second kappa shape index (κ2) is 4.61. The van der Waals surface area contributed by atoms with E-state index in [-0.39, 0.29) is 12.4 Å². The minimum atomic E-state index is -0.210. The van der Waals surface area contributed by atoms with Gasteiger partial charge in [0, 0.05) is 0 Å². The van der Waals surface area contributed by atoms with E-state index in [0.29, 0.717) is 6.61 Å². The number of aryl methyl sites for hydroxylation is 1. The minimum Gasteiger partial charge on any atom is -0.466 e. The maximum atomic E-state index is 11.3. The van der Waals surface area contributed by atoms with E-state index in [0.717, 1.165) is 15.2 Å². The van der Waals surface area contributed by atoms with Gasteiger partial charge in [-0.1, -0.05) is 6.07 Å². The first-order valence-corrected chi connectivity index (χ1v) is 6.02. The molecule has 84 valence electrons. The molecule has 2 rings (SSSR count). The lowest BCUT2D eigenvalue weighted by Gasteiger charge is -1.97. The molecule has 0 saturated carbocycles. The molecule has 0 amide bonds. The molecule has 1 heterocycles. The van der Waals surface area contributed by atoms with Crippen molar-refractivity contribution in [1.82, 2.24) is 4.98 Å². The van der Waals surface area contributed by atoms with E-state index in [9.17, 15) is 4.79 Å². The van der Waals surface area contributed by atoms with Gasteiger partial charge in [0.2, 0.25) is 0 Å². The van der Waals surface area contributed by atoms with E-state index in [1.807, 2.05) is 19.1 Å². The van der Waals surface area contributed by atoms with Crippen LogP contribution in [-0.2, 0) is 16.0 Å². The van der Waals surface area contributed by atoms with E-state index in [4.69, 9.17) is 4.74 Å². The van der Waals surface area contributed by atoms with Gasteiger partial charge in [0.05, 0.1) is 23.2 Å². The highest BCUT2D eigenvalue weighted by Crippen LogP contribution is 2.23. The van der Waals surface area contributed by atoms with Crippen molar-refractivity contribution in [2.75, 3.05) is 6.61 Å². The first kappa shape index (κ1) is 11.1. The molecule has 0 aliphatic carbocycles. The highest BCUT2D eigenvalue weighted by atomic mass is 32.1. The Bertz CT molecular complexity index is 519. The van der Waals surface area contributed by atoms with Crippen LogP contribution in [-0.4, -0.2) is 17.6 Å². The fourth-order valence-corrected chi connectivity index (χ4v) is 2.54. The molecule has 0 spiro atoms. The van der Waals surface area contributed by atoms with Crippen LogP contribution >= 0.6 is 11.3 Å². The molecule has 1 aromatic heterocycles. The SMILES string of the molecule is CCOC(=O)Cc1nc2ccc(C)cc2s1. The molecule has 1 aromatic carbocycles. The van der Waals surface area contributed by atoms with Crippen LogP contribution in [0.15, 0.2) is 18.2 Å². The number of ether oxygens (including phenoxy) is 1. The number of hydrogen-bond acceptors (Lipinski definition) is 4. The van der Waals surface area contributed by atoms with Gasteiger partial charge in [-0.25, -0.2) is 4.98 Å². The number of hydrogen-bond donors (Lipinski definition) is 0. The third kappa shape index (κ3) is 2.39. The van der Waals surface area contributed by atoms with Crippen LogP contribution in [0.3, 0.4) is 0 Å². The van der Waals surface area contributed by atoms with Crippen molar-refractivity contribution >= 4 is 27.5 Å². The van der Waals surface area contributed by atoms with E-state index in [1.165, 1.54) is 5.56 Å². The third-order valence-corrected chi connectivity index (χ3v) is 3.21. The van der Waals surface area contributed by atoms with Gasteiger partial charge in [0.25, 0.3) is 0 Å². The van der Waals surface area contributed by atoms with Crippen LogP contribution in [0.4, 0.5) is 0 Å². The highest BCUT2D eigenvalue weighted by molar-refractivity contribution is 7.18. The standard InChI is InChI=1S/C12H13NO2S/c1-3-15-12(14)7-11-13-9-5-4-8(2)6-10(9)16-11/h4-6H,3,7H2,1-2H3. The predicted molar refractivity (Wildman–Crippen MR) is 64.7 cm³/mol. The van der Waals surface area contributed by atoms with E-state index >= 15 is 0 Å². The molecule has 2 aromatic rings. The Hall–Kier alpha value is -1.42.